The topological polar surface area (TPSA) is 32.3 Å². The minimum Gasteiger partial charge on any atom is -0.333 e. The van der Waals surface area contributed by atoms with E-state index in [2.05, 4.69) is 24.4 Å². The molecule has 1 aromatic carbocycles. The van der Waals surface area contributed by atoms with Crippen molar-refractivity contribution in [3.8, 4) is 0 Å². The average Bonchev–Trinajstić information content (AvgIpc) is 2.79. The SMILES string of the molecule is CCN(C(=O)c1ccc2c(c1)CCC2)C1CNC1. The predicted molar refractivity (Wildman–Crippen MR) is 71.8 cm³/mol. The highest BCUT2D eigenvalue weighted by Gasteiger charge is 2.28. The van der Waals surface area contributed by atoms with E-state index >= 15 is 0 Å². The van der Waals surface area contributed by atoms with Gasteiger partial charge in [0, 0.05) is 25.2 Å². The molecule has 1 aromatic rings. The molecule has 3 nitrogen and oxygen atoms in total. The maximum atomic E-state index is 12.5. The monoisotopic (exact) mass is 244 g/mol. The number of benzene rings is 1. The first kappa shape index (κ1) is 11.7. The van der Waals surface area contributed by atoms with Gasteiger partial charge in [-0.25, -0.2) is 0 Å². The highest BCUT2D eigenvalue weighted by atomic mass is 16.2. The summed E-state index contributed by atoms with van der Waals surface area (Å²) in [6.45, 7) is 4.72. The van der Waals surface area contributed by atoms with Gasteiger partial charge in [0.05, 0.1) is 6.04 Å². The number of nitrogens with zero attached hydrogens (tertiary/aromatic N) is 1. The summed E-state index contributed by atoms with van der Waals surface area (Å²) in [6.07, 6.45) is 3.54. The van der Waals surface area contributed by atoms with Gasteiger partial charge in [0.2, 0.25) is 0 Å². The fraction of sp³-hybridized carbons (Fsp3) is 0.533. The number of carbonyl (C=O) groups excluding carboxylic acids is 1. The summed E-state index contributed by atoms with van der Waals surface area (Å²) in [5.41, 5.74) is 3.67. The molecule has 0 saturated carbocycles. The van der Waals surface area contributed by atoms with Crippen LogP contribution in [-0.2, 0) is 12.8 Å². The van der Waals surface area contributed by atoms with E-state index in [0.29, 0.717) is 6.04 Å². The quantitative estimate of drug-likeness (QED) is 0.876. The first-order valence-corrected chi connectivity index (χ1v) is 6.93. The summed E-state index contributed by atoms with van der Waals surface area (Å²) < 4.78 is 0. The Morgan fingerprint density at radius 2 is 2.11 bits per heavy atom. The molecule has 18 heavy (non-hydrogen) atoms. The van der Waals surface area contributed by atoms with Crippen LogP contribution in [0.25, 0.3) is 0 Å². The molecule has 1 fully saturated rings. The maximum absolute atomic E-state index is 12.5. The van der Waals surface area contributed by atoms with E-state index in [1.54, 1.807) is 0 Å². The van der Waals surface area contributed by atoms with Crippen LogP contribution in [0.5, 0.6) is 0 Å². The molecule has 1 aliphatic heterocycles. The van der Waals surface area contributed by atoms with Gasteiger partial charge in [0.25, 0.3) is 5.91 Å². The van der Waals surface area contributed by atoms with Crippen molar-refractivity contribution in [1.82, 2.24) is 10.2 Å². The molecule has 2 aliphatic rings. The molecular weight excluding hydrogens is 224 g/mol. The van der Waals surface area contributed by atoms with Crippen LogP contribution in [0.3, 0.4) is 0 Å². The molecule has 1 amide bonds. The van der Waals surface area contributed by atoms with Crippen molar-refractivity contribution in [2.24, 2.45) is 0 Å². The molecule has 0 spiro atoms. The molecule has 3 rings (SSSR count). The lowest BCUT2D eigenvalue weighted by molar-refractivity contribution is 0.0630. The number of carbonyl (C=O) groups is 1. The Balaban J connectivity index is 1.82. The van der Waals surface area contributed by atoms with Crippen molar-refractivity contribution in [2.45, 2.75) is 32.2 Å². The fourth-order valence-electron chi connectivity index (χ4n) is 2.93. The summed E-state index contributed by atoms with van der Waals surface area (Å²) in [7, 11) is 0. The highest BCUT2D eigenvalue weighted by Crippen LogP contribution is 2.23. The highest BCUT2D eigenvalue weighted by molar-refractivity contribution is 5.94. The van der Waals surface area contributed by atoms with Crippen molar-refractivity contribution in [2.75, 3.05) is 19.6 Å². The Morgan fingerprint density at radius 1 is 1.33 bits per heavy atom. The zero-order valence-electron chi connectivity index (χ0n) is 10.9. The molecule has 1 heterocycles. The van der Waals surface area contributed by atoms with E-state index in [-0.39, 0.29) is 5.91 Å². The molecule has 1 saturated heterocycles. The zero-order chi connectivity index (χ0) is 12.5. The zero-order valence-corrected chi connectivity index (χ0v) is 10.9. The van der Waals surface area contributed by atoms with Gasteiger partial charge < -0.3 is 10.2 Å². The first-order chi connectivity index (χ1) is 8.79. The number of nitrogens with one attached hydrogen (secondary N) is 1. The lowest BCUT2D eigenvalue weighted by Gasteiger charge is -2.37. The van der Waals surface area contributed by atoms with Gasteiger partial charge in [-0.3, -0.25) is 4.79 Å². The Hall–Kier alpha value is -1.35. The smallest absolute Gasteiger partial charge is 0.254 e. The number of amides is 1. The van der Waals surface area contributed by atoms with E-state index in [1.807, 2.05) is 11.0 Å². The van der Waals surface area contributed by atoms with Crippen LogP contribution in [-0.4, -0.2) is 36.5 Å². The number of hydrogen-bond acceptors (Lipinski definition) is 2. The number of rotatable bonds is 3. The largest absolute Gasteiger partial charge is 0.333 e. The van der Waals surface area contributed by atoms with Crippen molar-refractivity contribution < 1.29 is 4.79 Å². The molecule has 0 bridgehead atoms. The maximum Gasteiger partial charge on any atom is 0.254 e. The first-order valence-electron chi connectivity index (χ1n) is 6.93. The number of aryl methyl sites for hydroxylation is 2. The minimum absolute atomic E-state index is 0.193. The second kappa shape index (κ2) is 4.73. The van der Waals surface area contributed by atoms with Crippen molar-refractivity contribution >= 4 is 5.91 Å². The molecule has 0 aromatic heterocycles. The van der Waals surface area contributed by atoms with Gasteiger partial charge in [-0.2, -0.15) is 0 Å². The van der Waals surface area contributed by atoms with Crippen LogP contribution >= 0.6 is 0 Å². The molecule has 1 aliphatic carbocycles. The molecule has 3 heteroatoms. The number of fused-ring (bicyclic) bond motifs is 1. The average molecular weight is 244 g/mol. The third kappa shape index (κ3) is 1.93. The third-order valence-corrected chi connectivity index (χ3v) is 4.15. The number of likely N-dealkylation sites (N-methyl/N-ethyl adjacent to an activating group) is 1. The van der Waals surface area contributed by atoms with E-state index in [0.717, 1.165) is 31.6 Å². The number of hydrogen-bond donors (Lipinski definition) is 1. The van der Waals surface area contributed by atoms with Crippen LogP contribution < -0.4 is 5.32 Å². The Bertz CT molecular complexity index is 466. The minimum atomic E-state index is 0.193. The van der Waals surface area contributed by atoms with Crippen molar-refractivity contribution in [1.29, 1.82) is 0 Å². The Labute approximate surface area is 108 Å². The van der Waals surface area contributed by atoms with Crippen molar-refractivity contribution in [3.05, 3.63) is 34.9 Å². The van der Waals surface area contributed by atoms with Crippen LogP contribution in [0, 0.1) is 0 Å². The summed E-state index contributed by atoms with van der Waals surface area (Å²) in [5.74, 6) is 0.193. The van der Waals surface area contributed by atoms with Crippen LogP contribution in [0.2, 0.25) is 0 Å². The molecule has 0 unspecified atom stereocenters. The molecule has 0 atom stereocenters. The van der Waals surface area contributed by atoms with Crippen LogP contribution in [0.4, 0.5) is 0 Å². The van der Waals surface area contributed by atoms with Gasteiger partial charge in [0.15, 0.2) is 0 Å². The third-order valence-electron chi connectivity index (χ3n) is 4.15. The van der Waals surface area contributed by atoms with Crippen molar-refractivity contribution in [3.63, 3.8) is 0 Å². The Morgan fingerprint density at radius 3 is 2.78 bits per heavy atom. The van der Waals surface area contributed by atoms with Crippen LogP contribution in [0.15, 0.2) is 18.2 Å². The Kier molecular flexibility index (Phi) is 3.08. The normalized spacial score (nSPS) is 18.3. The van der Waals surface area contributed by atoms with E-state index in [9.17, 15) is 4.79 Å². The molecular formula is C15H20N2O. The fourth-order valence-corrected chi connectivity index (χ4v) is 2.93. The molecule has 0 radical (unpaired) electrons. The molecule has 96 valence electrons. The summed E-state index contributed by atoms with van der Waals surface area (Å²) in [4.78, 5) is 14.5. The summed E-state index contributed by atoms with van der Waals surface area (Å²) in [5, 5.41) is 3.23. The van der Waals surface area contributed by atoms with Gasteiger partial charge in [-0.15, -0.1) is 0 Å². The van der Waals surface area contributed by atoms with Gasteiger partial charge >= 0.3 is 0 Å². The second-order valence-corrected chi connectivity index (χ2v) is 5.24. The predicted octanol–water partition coefficient (Wildman–Crippen LogP) is 1.61. The second-order valence-electron chi connectivity index (χ2n) is 5.24. The van der Waals surface area contributed by atoms with E-state index in [4.69, 9.17) is 0 Å². The van der Waals surface area contributed by atoms with Gasteiger partial charge in [-0.05, 0) is 49.4 Å². The van der Waals surface area contributed by atoms with Crippen LogP contribution in [0.1, 0.15) is 34.8 Å². The van der Waals surface area contributed by atoms with E-state index < -0.39 is 0 Å². The lowest BCUT2D eigenvalue weighted by atomic mass is 10.0. The lowest BCUT2D eigenvalue weighted by Crippen LogP contribution is -2.58. The van der Waals surface area contributed by atoms with E-state index in [1.165, 1.54) is 24.0 Å². The molecule has 1 N–H and O–H groups in total. The summed E-state index contributed by atoms with van der Waals surface area (Å²) in [6, 6.07) is 6.64. The standard InChI is InChI=1S/C15H20N2O/c1-2-17(14-9-16-10-14)15(18)13-7-6-11-4-3-5-12(11)8-13/h6-8,14,16H,2-5,9-10H2,1H3. The summed E-state index contributed by atoms with van der Waals surface area (Å²) >= 11 is 0. The van der Waals surface area contributed by atoms with Gasteiger partial charge in [-0.1, -0.05) is 6.07 Å². The van der Waals surface area contributed by atoms with Gasteiger partial charge in [0.1, 0.15) is 0 Å².